The SMILES string of the molecule is c1cc(-c2cccc3oc4ccccc4c23)cc(-n2c3ccc4c5ccccc5n5c6ccccc6c6cc7ccccc7c2c6c3c45)c1. The van der Waals surface area contributed by atoms with Gasteiger partial charge in [0.15, 0.2) is 0 Å². The average molecular weight is 623 g/mol. The van der Waals surface area contributed by atoms with Crippen LogP contribution in [0.4, 0.5) is 0 Å². The number of furan rings is 1. The molecule has 0 aliphatic rings. The van der Waals surface area contributed by atoms with E-state index in [2.05, 4.69) is 161 Å². The Hall–Kier alpha value is -6.58. The lowest BCUT2D eigenvalue weighted by molar-refractivity contribution is 0.669. The topological polar surface area (TPSA) is 22.5 Å². The van der Waals surface area contributed by atoms with Gasteiger partial charge in [-0.1, -0.05) is 109 Å². The first-order valence-corrected chi connectivity index (χ1v) is 16.9. The zero-order valence-electron chi connectivity index (χ0n) is 26.3. The maximum absolute atomic E-state index is 6.30. The monoisotopic (exact) mass is 622 g/mol. The summed E-state index contributed by atoms with van der Waals surface area (Å²) in [6.07, 6.45) is 0. The molecule has 226 valence electrons. The number of fused-ring (bicyclic) bond motifs is 11. The molecule has 0 N–H and O–H groups in total. The van der Waals surface area contributed by atoms with Gasteiger partial charge in [-0.3, -0.25) is 0 Å². The summed E-state index contributed by atoms with van der Waals surface area (Å²) in [4.78, 5) is 0. The van der Waals surface area contributed by atoms with E-state index in [4.69, 9.17) is 4.42 Å². The number of hydrogen-bond donors (Lipinski definition) is 0. The molecule has 0 radical (unpaired) electrons. The molecule has 0 spiro atoms. The number of hydrogen-bond acceptors (Lipinski definition) is 1. The molecule has 0 atom stereocenters. The lowest BCUT2D eigenvalue weighted by Crippen LogP contribution is -1.96. The highest BCUT2D eigenvalue weighted by atomic mass is 16.3. The summed E-state index contributed by atoms with van der Waals surface area (Å²) < 4.78 is 11.3. The molecule has 3 heteroatoms. The van der Waals surface area contributed by atoms with E-state index in [9.17, 15) is 0 Å². The number of para-hydroxylation sites is 3. The van der Waals surface area contributed by atoms with Crippen LogP contribution in [0, 0.1) is 0 Å². The normalized spacial score (nSPS) is 12.5. The predicted molar refractivity (Wildman–Crippen MR) is 206 cm³/mol. The fraction of sp³-hybridized carbons (Fsp3) is 0. The summed E-state index contributed by atoms with van der Waals surface area (Å²) in [6, 6.07) is 57.5. The first kappa shape index (κ1) is 25.5. The fourth-order valence-electron chi connectivity index (χ4n) is 8.87. The van der Waals surface area contributed by atoms with Crippen LogP contribution in [-0.2, 0) is 0 Å². The quantitative estimate of drug-likeness (QED) is 0.188. The van der Waals surface area contributed by atoms with Crippen LogP contribution in [0.5, 0.6) is 0 Å². The van der Waals surface area contributed by atoms with E-state index in [1.807, 2.05) is 6.07 Å². The third-order valence-electron chi connectivity index (χ3n) is 10.8. The van der Waals surface area contributed by atoms with Gasteiger partial charge in [0, 0.05) is 48.8 Å². The molecule has 49 heavy (non-hydrogen) atoms. The lowest BCUT2D eigenvalue weighted by atomic mass is 9.98. The van der Waals surface area contributed by atoms with Crippen molar-refractivity contribution in [2.24, 2.45) is 0 Å². The highest BCUT2D eigenvalue weighted by Crippen LogP contribution is 2.47. The number of aromatic nitrogens is 2. The molecule has 0 bridgehead atoms. The second-order valence-corrected chi connectivity index (χ2v) is 13.3. The summed E-state index contributed by atoms with van der Waals surface area (Å²) >= 11 is 0. The Kier molecular flexibility index (Phi) is 4.72. The Morgan fingerprint density at radius 1 is 0.388 bits per heavy atom. The molecule has 12 rings (SSSR count). The second-order valence-electron chi connectivity index (χ2n) is 13.3. The fourth-order valence-corrected chi connectivity index (χ4v) is 8.87. The predicted octanol–water partition coefficient (Wildman–Crippen LogP) is 12.7. The molecular formula is C46H26N2O. The van der Waals surface area contributed by atoms with Gasteiger partial charge in [-0.2, -0.15) is 0 Å². The molecule has 0 saturated heterocycles. The minimum absolute atomic E-state index is 0.910. The largest absolute Gasteiger partial charge is 0.456 e. The molecule has 3 nitrogen and oxygen atoms in total. The van der Waals surface area contributed by atoms with Gasteiger partial charge in [-0.05, 0) is 70.4 Å². The van der Waals surface area contributed by atoms with Gasteiger partial charge in [0.1, 0.15) is 11.2 Å². The van der Waals surface area contributed by atoms with Gasteiger partial charge >= 0.3 is 0 Å². The van der Waals surface area contributed by atoms with Gasteiger partial charge in [-0.25, -0.2) is 0 Å². The molecule has 12 aromatic rings. The van der Waals surface area contributed by atoms with Crippen molar-refractivity contribution < 1.29 is 4.42 Å². The highest BCUT2D eigenvalue weighted by Gasteiger charge is 2.25. The molecule has 0 aliphatic heterocycles. The van der Waals surface area contributed by atoms with Crippen LogP contribution in [0.25, 0.3) is 109 Å². The van der Waals surface area contributed by atoms with Crippen molar-refractivity contribution in [2.45, 2.75) is 0 Å². The summed E-state index contributed by atoms with van der Waals surface area (Å²) in [7, 11) is 0. The van der Waals surface area contributed by atoms with E-state index in [1.54, 1.807) is 0 Å². The zero-order chi connectivity index (χ0) is 31.8. The van der Waals surface area contributed by atoms with Crippen molar-refractivity contribution in [1.82, 2.24) is 8.97 Å². The van der Waals surface area contributed by atoms with Crippen molar-refractivity contribution in [3.8, 4) is 16.8 Å². The van der Waals surface area contributed by atoms with Crippen LogP contribution >= 0.6 is 0 Å². The van der Waals surface area contributed by atoms with E-state index >= 15 is 0 Å². The number of benzene rings is 8. The van der Waals surface area contributed by atoms with Gasteiger partial charge in [0.05, 0.1) is 27.6 Å². The summed E-state index contributed by atoms with van der Waals surface area (Å²) in [5, 5.41) is 12.5. The van der Waals surface area contributed by atoms with Crippen molar-refractivity contribution >= 4 is 92.6 Å². The summed E-state index contributed by atoms with van der Waals surface area (Å²) in [5.41, 5.74) is 11.5. The van der Waals surface area contributed by atoms with Crippen LogP contribution in [0.3, 0.4) is 0 Å². The van der Waals surface area contributed by atoms with E-state index in [1.165, 1.54) is 76.2 Å². The smallest absolute Gasteiger partial charge is 0.136 e. The molecule has 0 unspecified atom stereocenters. The third-order valence-corrected chi connectivity index (χ3v) is 10.8. The zero-order valence-corrected chi connectivity index (χ0v) is 26.3. The summed E-state index contributed by atoms with van der Waals surface area (Å²) in [5.74, 6) is 0. The molecule has 8 aromatic carbocycles. The van der Waals surface area contributed by atoms with E-state index in [0.717, 1.165) is 33.2 Å². The maximum atomic E-state index is 6.30. The van der Waals surface area contributed by atoms with E-state index < -0.39 is 0 Å². The standard InChI is InChI=1S/C46H26N2O/c1-2-14-31-28(11-1)26-36-33-16-4-7-20-38(33)48-37-19-6-3-15-32(37)34-23-24-39-44(46(34)48)43(36)45(31)47(39)29-13-9-12-27(25-29)30-18-10-22-41-42(30)35-17-5-8-21-40(35)49-41/h1-26H. The number of nitrogens with zero attached hydrogens (tertiary/aromatic N) is 2. The Morgan fingerprint density at radius 2 is 1.08 bits per heavy atom. The van der Waals surface area contributed by atoms with Crippen molar-refractivity contribution in [3.63, 3.8) is 0 Å². The van der Waals surface area contributed by atoms with E-state index in [-0.39, 0.29) is 0 Å². The van der Waals surface area contributed by atoms with Crippen molar-refractivity contribution in [2.75, 3.05) is 0 Å². The van der Waals surface area contributed by atoms with Crippen LogP contribution < -0.4 is 0 Å². The van der Waals surface area contributed by atoms with Gasteiger partial charge in [0.25, 0.3) is 0 Å². The Balaban J connectivity index is 1.30. The molecule has 4 aromatic heterocycles. The van der Waals surface area contributed by atoms with Gasteiger partial charge < -0.3 is 13.4 Å². The highest BCUT2D eigenvalue weighted by molar-refractivity contribution is 6.36. The Bertz CT molecular complexity index is 3340. The molecule has 0 amide bonds. The minimum atomic E-state index is 0.910. The number of rotatable bonds is 2. The van der Waals surface area contributed by atoms with Crippen molar-refractivity contribution in [3.05, 3.63) is 158 Å². The summed E-state index contributed by atoms with van der Waals surface area (Å²) in [6.45, 7) is 0. The average Bonchev–Trinajstić information content (AvgIpc) is 3.80. The molecule has 0 aliphatic carbocycles. The second kappa shape index (κ2) is 9.06. The van der Waals surface area contributed by atoms with Gasteiger partial charge in [0.2, 0.25) is 0 Å². The molecular weight excluding hydrogens is 597 g/mol. The van der Waals surface area contributed by atoms with Crippen LogP contribution in [-0.4, -0.2) is 8.97 Å². The molecule has 0 saturated carbocycles. The maximum Gasteiger partial charge on any atom is 0.136 e. The van der Waals surface area contributed by atoms with E-state index in [0.29, 0.717) is 0 Å². The first-order valence-electron chi connectivity index (χ1n) is 16.9. The van der Waals surface area contributed by atoms with Gasteiger partial charge in [-0.15, -0.1) is 0 Å². The Morgan fingerprint density at radius 3 is 1.94 bits per heavy atom. The van der Waals surface area contributed by atoms with Crippen LogP contribution in [0.1, 0.15) is 0 Å². The minimum Gasteiger partial charge on any atom is -0.456 e. The van der Waals surface area contributed by atoms with Crippen LogP contribution in [0.2, 0.25) is 0 Å². The molecule has 4 heterocycles. The van der Waals surface area contributed by atoms with Crippen LogP contribution in [0.15, 0.2) is 162 Å². The third kappa shape index (κ3) is 3.17. The molecule has 0 fully saturated rings. The lowest BCUT2D eigenvalue weighted by Gasteiger charge is -2.13. The van der Waals surface area contributed by atoms with Crippen molar-refractivity contribution in [1.29, 1.82) is 0 Å². The Labute approximate surface area is 279 Å². The first-order chi connectivity index (χ1) is 24.3.